The average Bonchev–Trinajstić information content (AvgIpc) is 2.90. The molecule has 1 saturated heterocycles. The summed E-state index contributed by atoms with van der Waals surface area (Å²) in [6.45, 7) is 7.43. The standard InChI is InChI=1S/C15H20N4S.3ClH/c1-12-2-4-13(5-3-12)17-15-18-14(11-20-15)10-19-8-6-16-7-9-19;;;/h2-5,11,16H,6-10H2,1H3,(H,17,18);3*1H. The molecule has 0 spiro atoms. The van der Waals surface area contributed by atoms with Gasteiger partial charge in [-0.25, -0.2) is 4.98 Å². The fraction of sp³-hybridized carbons (Fsp3) is 0.400. The number of benzene rings is 1. The Morgan fingerprint density at radius 3 is 2.43 bits per heavy atom. The van der Waals surface area contributed by atoms with Crippen LogP contribution < -0.4 is 10.6 Å². The molecule has 4 nitrogen and oxygen atoms in total. The molecule has 2 N–H and O–H groups in total. The first-order valence-electron chi connectivity index (χ1n) is 7.01. The molecule has 0 amide bonds. The first-order chi connectivity index (χ1) is 9.79. The second kappa shape index (κ2) is 11.1. The Balaban J connectivity index is 0.00000161. The van der Waals surface area contributed by atoms with Crippen molar-refractivity contribution in [1.29, 1.82) is 0 Å². The zero-order valence-electron chi connectivity index (χ0n) is 12.9. The predicted octanol–water partition coefficient (Wildman–Crippen LogP) is 3.87. The van der Waals surface area contributed by atoms with Gasteiger partial charge in [0.25, 0.3) is 0 Å². The Bertz CT molecular complexity index is 556. The number of halogens is 3. The van der Waals surface area contributed by atoms with Crippen LogP contribution in [0.15, 0.2) is 29.6 Å². The lowest BCUT2D eigenvalue weighted by molar-refractivity contribution is 0.231. The van der Waals surface area contributed by atoms with Gasteiger partial charge in [-0.05, 0) is 19.1 Å². The topological polar surface area (TPSA) is 40.2 Å². The molecule has 1 aromatic carbocycles. The number of thiazole rings is 1. The molecular weight excluding hydrogens is 375 g/mol. The number of anilines is 2. The molecule has 1 aromatic heterocycles. The highest BCUT2D eigenvalue weighted by molar-refractivity contribution is 7.13. The second-order valence-electron chi connectivity index (χ2n) is 5.16. The molecular formula is C15H23Cl3N4S. The number of piperazine rings is 1. The van der Waals surface area contributed by atoms with Crippen molar-refractivity contribution in [3.63, 3.8) is 0 Å². The molecule has 23 heavy (non-hydrogen) atoms. The van der Waals surface area contributed by atoms with Gasteiger partial charge in [-0.15, -0.1) is 48.6 Å². The molecule has 0 bridgehead atoms. The largest absolute Gasteiger partial charge is 0.332 e. The van der Waals surface area contributed by atoms with Gasteiger partial charge in [0, 0.05) is 43.8 Å². The van der Waals surface area contributed by atoms with Gasteiger partial charge in [-0.2, -0.15) is 0 Å². The van der Waals surface area contributed by atoms with Crippen LogP contribution in [0.5, 0.6) is 0 Å². The Morgan fingerprint density at radius 1 is 1.13 bits per heavy atom. The van der Waals surface area contributed by atoms with Crippen molar-refractivity contribution >= 4 is 59.4 Å². The first-order valence-corrected chi connectivity index (χ1v) is 7.89. The van der Waals surface area contributed by atoms with Crippen LogP contribution in [0.2, 0.25) is 0 Å². The number of rotatable bonds is 4. The highest BCUT2D eigenvalue weighted by atomic mass is 35.5. The average molecular weight is 398 g/mol. The monoisotopic (exact) mass is 396 g/mol. The lowest BCUT2D eigenvalue weighted by atomic mass is 10.2. The van der Waals surface area contributed by atoms with E-state index in [1.54, 1.807) is 11.3 Å². The van der Waals surface area contributed by atoms with Crippen LogP contribution in [-0.2, 0) is 6.54 Å². The molecule has 0 atom stereocenters. The normalized spacial score (nSPS) is 14.1. The number of nitrogens with zero attached hydrogens (tertiary/aromatic N) is 2. The lowest BCUT2D eigenvalue weighted by Gasteiger charge is -2.26. The smallest absolute Gasteiger partial charge is 0.187 e. The zero-order chi connectivity index (χ0) is 13.8. The number of hydrogen-bond acceptors (Lipinski definition) is 5. The van der Waals surface area contributed by atoms with E-state index in [2.05, 4.69) is 57.1 Å². The first kappa shape index (κ1) is 22.4. The number of aryl methyl sites for hydroxylation is 1. The summed E-state index contributed by atoms with van der Waals surface area (Å²) in [6, 6.07) is 8.40. The van der Waals surface area contributed by atoms with Crippen LogP contribution in [0.1, 0.15) is 11.3 Å². The number of nitrogens with one attached hydrogen (secondary N) is 2. The van der Waals surface area contributed by atoms with Crippen molar-refractivity contribution in [1.82, 2.24) is 15.2 Å². The van der Waals surface area contributed by atoms with Gasteiger partial charge < -0.3 is 10.6 Å². The second-order valence-corrected chi connectivity index (χ2v) is 6.02. The molecule has 0 unspecified atom stereocenters. The third-order valence-corrected chi connectivity index (χ3v) is 4.26. The molecule has 8 heteroatoms. The van der Waals surface area contributed by atoms with E-state index in [9.17, 15) is 0 Å². The molecule has 0 aliphatic carbocycles. The molecule has 130 valence electrons. The predicted molar refractivity (Wildman–Crippen MR) is 106 cm³/mol. The summed E-state index contributed by atoms with van der Waals surface area (Å²) >= 11 is 1.67. The van der Waals surface area contributed by atoms with Gasteiger partial charge in [0.2, 0.25) is 0 Å². The molecule has 1 aliphatic rings. The quantitative estimate of drug-likeness (QED) is 0.821. The van der Waals surface area contributed by atoms with E-state index < -0.39 is 0 Å². The van der Waals surface area contributed by atoms with Crippen LogP contribution >= 0.6 is 48.6 Å². The van der Waals surface area contributed by atoms with Crippen LogP contribution in [0.25, 0.3) is 0 Å². The van der Waals surface area contributed by atoms with Crippen molar-refractivity contribution in [2.75, 3.05) is 31.5 Å². The molecule has 2 aromatic rings. The van der Waals surface area contributed by atoms with Gasteiger partial charge in [-0.3, -0.25) is 4.90 Å². The van der Waals surface area contributed by atoms with Crippen molar-refractivity contribution in [2.24, 2.45) is 0 Å². The maximum Gasteiger partial charge on any atom is 0.187 e. The van der Waals surface area contributed by atoms with Gasteiger partial charge >= 0.3 is 0 Å². The summed E-state index contributed by atoms with van der Waals surface area (Å²) in [5.41, 5.74) is 3.53. The van der Waals surface area contributed by atoms with Crippen LogP contribution in [0.3, 0.4) is 0 Å². The van der Waals surface area contributed by atoms with E-state index >= 15 is 0 Å². The third kappa shape index (κ3) is 6.83. The fourth-order valence-electron chi connectivity index (χ4n) is 2.30. The van der Waals surface area contributed by atoms with E-state index in [1.165, 1.54) is 5.56 Å². The van der Waals surface area contributed by atoms with E-state index in [0.717, 1.165) is 49.2 Å². The minimum Gasteiger partial charge on any atom is -0.332 e. The van der Waals surface area contributed by atoms with Crippen molar-refractivity contribution < 1.29 is 0 Å². The van der Waals surface area contributed by atoms with Gasteiger partial charge in [0.05, 0.1) is 5.69 Å². The summed E-state index contributed by atoms with van der Waals surface area (Å²) in [7, 11) is 0. The molecule has 1 aliphatic heterocycles. The SMILES string of the molecule is Cc1ccc(Nc2nc(CN3CCNCC3)cs2)cc1.Cl.Cl.Cl. The summed E-state index contributed by atoms with van der Waals surface area (Å²) in [5.74, 6) is 0. The summed E-state index contributed by atoms with van der Waals surface area (Å²) in [6.07, 6.45) is 0. The minimum atomic E-state index is 0. The van der Waals surface area contributed by atoms with Crippen molar-refractivity contribution in [3.8, 4) is 0 Å². The summed E-state index contributed by atoms with van der Waals surface area (Å²) < 4.78 is 0. The van der Waals surface area contributed by atoms with Crippen molar-refractivity contribution in [2.45, 2.75) is 13.5 Å². The summed E-state index contributed by atoms with van der Waals surface area (Å²) in [4.78, 5) is 7.11. The van der Waals surface area contributed by atoms with E-state index in [-0.39, 0.29) is 37.2 Å². The zero-order valence-corrected chi connectivity index (χ0v) is 16.2. The Kier molecular flexibility index (Phi) is 10.8. The fourth-order valence-corrected chi connectivity index (χ4v) is 3.02. The molecule has 0 saturated carbocycles. The lowest BCUT2D eigenvalue weighted by Crippen LogP contribution is -2.42. The highest BCUT2D eigenvalue weighted by Crippen LogP contribution is 2.22. The molecule has 1 fully saturated rings. The maximum atomic E-state index is 4.67. The highest BCUT2D eigenvalue weighted by Gasteiger charge is 2.11. The third-order valence-electron chi connectivity index (χ3n) is 3.45. The van der Waals surface area contributed by atoms with Gasteiger partial charge in [0.15, 0.2) is 5.13 Å². The minimum absolute atomic E-state index is 0. The Labute approximate surface area is 160 Å². The van der Waals surface area contributed by atoms with E-state index in [4.69, 9.17) is 0 Å². The molecule has 3 rings (SSSR count). The Hall–Kier alpha value is -0.560. The Morgan fingerprint density at radius 2 is 1.78 bits per heavy atom. The number of aromatic nitrogens is 1. The van der Waals surface area contributed by atoms with E-state index in [0.29, 0.717) is 0 Å². The summed E-state index contributed by atoms with van der Waals surface area (Å²) in [5, 5.41) is 9.86. The van der Waals surface area contributed by atoms with Crippen molar-refractivity contribution in [3.05, 3.63) is 40.9 Å². The van der Waals surface area contributed by atoms with Crippen LogP contribution in [0, 0.1) is 6.92 Å². The maximum absolute atomic E-state index is 4.67. The van der Waals surface area contributed by atoms with E-state index in [1.807, 2.05) is 0 Å². The molecule has 2 heterocycles. The van der Waals surface area contributed by atoms with Crippen LogP contribution in [-0.4, -0.2) is 36.1 Å². The van der Waals surface area contributed by atoms with Gasteiger partial charge in [0.1, 0.15) is 0 Å². The van der Waals surface area contributed by atoms with Gasteiger partial charge in [-0.1, -0.05) is 17.7 Å². The van der Waals surface area contributed by atoms with Crippen LogP contribution in [0.4, 0.5) is 10.8 Å². The number of hydrogen-bond donors (Lipinski definition) is 2. The molecule has 0 radical (unpaired) electrons.